The predicted octanol–water partition coefficient (Wildman–Crippen LogP) is 12.5. The molecule has 0 saturated heterocycles. The van der Waals surface area contributed by atoms with Gasteiger partial charge in [-0.05, 0) is 89.0 Å². The van der Waals surface area contributed by atoms with Gasteiger partial charge in [0.15, 0.2) is 0 Å². The van der Waals surface area contributed by atoms with E-state index in [1.807, 2.05) is 6.07 Å². The van der Waals surface area contributed by atoms with Crippen molar-refractivity contribution in [3.8, 4) is 50.8 Å². The normalized spacial score (nSPS) is 11.6. The van der Waals surface area contributed by atoms with Crippen LogP contribution in [0.4, 0.5) is 0 Å². The minimum atomic E-state index is 0.630. The molecule has 0 unspecified atom stereocenters. The molecule has 0 bridgehead atoms. The summed E-state index contributed by atoms with van der Waals surface area (Å²) in [6.07, 6.45) is 4.28. The molecule has 0 fully saturated rings. The summed E-state index contributed by atoms with van der Waals surface area (Å²) in [4.78, 5) is 11.0. The number of aromatic nitrogens is 5. The molecule has 5 heteroatoms. The van der Waals surface area contributed by atoms with Crippen LogP contribution in [-0.4, -0.2) is 23.7 Å². The molecule has 7 aromatic carbocycles. The number of rotatable bonds is 6. The Hall–Kier alpha value is -7.50. The smallest absolute Gasteiger partial charge is 0.235 e. The van der Waals surface area contributed by atoms with Crippen molar-refractivity contribution in [2.24, 2.45) is 0 Å². The molecule has 258 valence electrons. The number of nitrogens with zero attached hydrogens (tertiary/aromatic N) is 5. The maximum Gasteiger partial charge on any atom is 0.235 e. The van der Waals surface area contributed by atoms with Crippen LogP contribution in [0.3, 0.4) is 0 Å². The van der Waals surface area contributed by atoms with E-state index < -0.39 is 0 Å². The molecule has 0 N–H and O–H groups in total. The Bertz CT molecular complexity index is 3120. The second-order valence-corrected chi connectivity index (χ2v) is 13.9. The number of hydrogen-bond donors (Lipinski definition) is 0. The topological polar surface area (TPSA) is 40.6 Å². The summed E-state index contributed by atoms with van der Waals surface area (Å²) in [6, 6.07) is 66.4. The Morgan fingerprint density at radius 2 is 0.909 bits per heavy atom. The van der Waals surface area contributed by atoms with Crippen LogP contribution >= 0.6 is 0 Å². The lowest BCUT2D eigenvalue weighted by Crippen LogP contribution is -2.05. The van der Waals surface area contributed by atoms with Gasteiger partial charge in [0.05, 0.1) is 27.6 Å². The van der Waals surface area contributed by atoms with E-state index >= 15 is 0 Å². The SMILES string of the molecule is c1ccc(-c2cc(-c3ccccc3)cc(-c3nc(-n4c5ccccc5c5ccc6c(ccn6-c6ccccc6)c54)nc4ccn(-c5ccccc5)c34)c2)cc1. The highest BCUT2D eigenvalue weighted by atomic mass is 15.2. The molecule has 0 aliphatic rings. The van der Waals surface area contributed by atoms with Gasteiger partial charge in [0, 0.05) is 45.5 Å². The summed E-state index contributed by atoms with van der Waals surface area (Å²) in [7, 11) is 0. The average molecular weight is 704 g/mol. The first-order valence-corrected chi connectivity index (χ1v) is 18.6. The molecular formula is C50H33N5. The van der Waals surface area contributed by atoms with E-state index in [2.05, 4.69) is 208 Å². The first kappa shape index (κ1) is 31.1. The maximum absolute atomic E-state index is 5.64. The van der Waals surface area contributed by atoms with Crippen molar-refractivity contribution in [2.75, 3.05) is 0 Å². The molecule has 0 amide bonds. The van der Waals surface area contributed by atoms with E-state index in [9.17, 15) is 0 Å². The average Bonchev–Trinajstić information content (AvgIpc) is 3.99. The molecule has 11 rings (SSSR count). The van der Waals surface area contributed by atoms with E-state index in [1.54, 1.807) is 0 Å². The lowest BCUT2D eigenvalue weighted by molar-refractivity contribution is 1.01. The second-order valence-electron chi connectivity index (χ2n) is 13.9. The van der Waals surface area contributed by atoms with Gasteiger partial charge in [-0.3, -0.25) is 4.57 Å². The number of hydrogen-bond acceptors (Lipinski definition) is 2. The standard InChI is InChI=1S/C50H33N5/c1-5-15-34(16-6-1)36-31-37(35-17-7-2-8-18-35)33-38(32-36)47-49-44(28-30-54(49)40-21-11-4-12-22-40)51-50(52-47)55-46-24-14-13-23-41(46)42-25-26-45-43(48(42)55)27-29-53(45)39-19-9-3-10-20-39/h1-33H. The number of fused-ring (bicyclic) bond motifs is 6. The Balaban J connectivity index is 1.24. The minimum absolute atomic E-state index is 0.630. The van der Waals surface area contributed by atoms with Gasteiger partial charge in [-0.2, -0.15) is 0 Å². The van der Waals surface area contributed by atoms with Gasteiger partial charge in [0.25, 0.3) is 0 Å². The first-order chi connectivity index (χ1) is 27.3. The molecule has 0 atom stereocenters. The van der Waals surface area contributed by atoms with Gasteiger partial charge in [0.1, 0.15) is 5.69 Å². The molecule has 55 heavy (non-hydrogen) atoms. The van der Waals surface area contributed by atoms with E-state index in [1.165, 1.54) is 5.39 Å². The van der Waals surface area contributed by atoms with Crippen LogP contribution in [0.25, 0.3) is 94.6 Å². The van der Waals surface area contributed by atoms with Crippen molar-refractivity contribution in [1.82, 2.24) is 23.7 Å². The molecule has 0 radical (unpaired) electrons. The summed E-state index contributed by atoms with van der Waals surface area (Å²) in [5.41, 5.74) is 13.7. The zero-order chi connectivity index (χ0) is 36.3. The highest BCUT2D eigenvalue weighted by Gasteiger charge is 2.22. The van der Waals surface area contributed by atoms with Crippen LogP contribution in [0, 0.1) is 0 Å². The van der Waals surface area contributed by atoms with Gasteiger partial charge in [-0.1, -0.05) is 121 Å². The van der Waals surface area contributed by atoms with E-state index in [-0.39, 0.29) is 0 Å². The van der Waals surface area contributed by atoms with Gasteiger partial charge in [0.2, 0.25) is 5.95 Å². The van der Waals surface area contributed by atoms with Crippen LogP contribution in [0.2, 0.25) is 0 Å². The number of para-hydroxylation sites is 3. The third-order valence-corrected chi connectivity index (χ3v) is 10.7. The summed E-state index contributed by atoms with van der Waals surface area (Å²) < 4.78 is 6.74. The summed E-state index contributed by atoms with van der Waals surface area (Å²) in [5.74, 6) is 0.630. The molecule has 0 aliphatic heterocycles. The van der Waals surface area contributed by atoms with Crippen LogP contribution in [0.1, 0.15) is 0 Å². The fourth-order valence-corrected chi connectivity index (χ4v) is 8.19. The molecule has 0 spiro atoms. The Morgan fingerprint density at radius 3 is 1.58 bits per heavy atom. The third kappa shape index (κ3) is 5.09. The van der Waals surface area contributed by atoms with Crippen LogP contribution in [0.5, 0.6) is 0 Å². The second kappa shape index (κ2) is 12.6. The molecule has 11 aromatic rings. The van der Waals surface area contributed by atoms with E-state index in [4.69, 9.17) is 9.97 Å². The summed E-state index contributed by atoms with van der Waals surface area (Å²) >= 11 is 0. The van der Waals surface area contributed by atoms with Crippen LogP contribution < -0.4 is 0 Å². The quantitative estimate of drug-likeness (QED) is 0.173. The van der Waals surface area contributed by atoms with Crippen molar-refractivity contribution in [3.05, 3.63) is 200 Å². The van der Waals surface area contributed by atoms with Crippen molar-refractivity contribution < 1.29 is 0 Å². The lowest BCUT2D eigenvalue weighted by atomic mass is 9.94. The summed E-state index contributed by atoms with van der Waals surface area (Å²) in [6.45, 7) is 0. The number of benzene rings is 7. The Kier molecular flexibility index (Phi) is 7.10. The maximum atomic E-state index is 5.64. The van der Waals surface area contributed by atoms with Gasteiger partial charge in [-0.25, -0.2) is 9.97 Å². The van der Waals surface area contributed by atoms with Crippen molar-refractivity contribution >= 4 is 43.7 Å². The Morgan fingerprint density at radius 1 is 0.345 bits per heavy atom. The van der Waals surface area contributed by atoms with Gasteiger partial charge in [-0.15, -0.1) is 0 Å². The van der Waals surface area contributed by atoms with Crippen LogP contribution in [-0.2, 0) is 0 Å². The van der Waals surface area contributed by atoms with Crippen molar-refractivity contribution in [1.29, 1.82) is 0 Å². The first-order valence-electron chi connectivity index (χ1n) is 18.6. The van der Waals surface area contributed by atoms with Crippen molar-refractivity contribution in [2.45, 2.75) is 0 Å². The molecule has 4 aromatic heterocycles. The third-order valence-electron chi connectivity index (χ3n) is 10.7. The minimum Gasteiger partial charge on any atom is -0.316 e. The Labute approximate surface area is 317 Å². The fraction of sp³-hybridized carbons (Fsp3) is 0. The lowest BCUT2D eigenvalue weighted by Gasteiger charge is -2.15. The molecule has 0 aliphatic carbocycles. The predicted molar refractivity (Wildman–Crippen MR) is 226 cm³/mol. The molecule has 5 nitrogen and oxygen atoms in total. The highest BCUT2D eigenvalue weighted by Crippen LogP contribution is 2.40. The van der Waals surface area contributed by atoms with Crippen molar-refractivity contribution in [3.63, 3.8) is 0 Å². The zero-order valence-corrected chi connectivity index (χ0v) is 29.8. The molecule has 4 heterocycles. The fourth-order valence-electron chi connectivity index (χ4n) is 8.19. The zero-order valence-electron chi connectivity index (χ0n) is 29.8. The van der Waals surface area contributed by atoms with E-state index in [0.717, 1.165) is 83.2 Å². The largest absolute Gasteiger partial charge is 0.316 e. The molecular weight excluding hydrogens is 671 g/mol. The monoisotopic (exact) mass is 703 g/mol. The molecule has 0 saturated carbocycles. The highest BCUT2D eigenvalue weighted by molar-refractivity contribution is 6.18. The van der Waals surface area contributed by atoms with Gasteiger partial charge >= 0.3 is 0 Å². The van der Waals surface area contributed by atoms with E-state index in [0.29, 0.717) is 5.95 Å². The van der Waals surface area contributed by atoms with Crippen LogP contribution in [0.15, 0.2) is 200 Å². The van der Waals surface area contributed by atoms with Gasteiger partial charge < -0.3 is 9.13 Å². The summed E-state index contributed by atoms with van der Waals surface area (Å²) in [5, 5.41) is 3.47.